The second kappa shape index (κ2) is 15.7. The van der Waals surface area contributed by atoms with Crippen molar-refractivity contribution in [3.8, 4) is 34.5 Å². The zero-order valence-corrected chi connectivity index (χ0v) is 28.4. The molecule has 0 fully saturated rings. The summed E-state index contributed by atoms with van der Waals surface area (Å²) in [6.45, 7) is 2.00. The number of phosphoric ester groups is 2. The van der Waals surface area contributed by atoms with Crippen LogP contribution < -0.4 is 27.1 Å². The fourth-order valence-electron chi connectivity index (χ4n) is 5.10. The molecule has 0 bridgehead atoms. The van der Waals surface area contributed by atoms with E-state index in [-0.39, 0.29) is 17.4 Å². The summed E-state index contributed by atoms with van der Waals surface area (Å²) in [4.78, 5) is 0. The smallest absolute Gasteiger partial charge is 0.386 e. The Morgan fingerprint density at radius 2 is 0.653 bits per heavy atom. The van der Waals surface area contributed by atoms with Gasteiger partial charge in [0.1, 0.15) is 34.5 Å². The molecular formula is C39H34O8P2. The zero-order chi connectivity index (χ0) is 33.9. The van der Waals surface area contributed by atoms with Gasteiger partial charge in [-0.15, -0.1) is 0 Å². The first kappa shape index (κ1) is 33.5. The van der Waals surface area contributed by atoms with Crippen LogP contribution in [0.5, 0.6) is 34.5 Å². The Kier molecular flexibility index (Phi) is 10.7. The Labute approximate surface area is 286 Å². The van der Waals surface area contributed by atoms with Crippen molar-refractivity contribution in [3.05, 3.63) is 181 Å². The molecular weight excluding hydrogens is 658 g/mol. The third kappa shape index (κ3) is 8.94. The van der Waals surface area contributed by atoms with Crippen molar-refractivity contribution in [1.82, 2.24) is 0 Å². The minimum atomic E-state index is -4.29. The maximum Gasteiger partial charge on any atom is 0.647 e. The Bertz CT molecular complexity index is 1790. The molecule has 0 heterocycles. The standard InChI is InChI=1S/C39H34O8P2/c1-2-35(36-27-15-17-29-38(36)46-48(40,42-31-19-7-3-8-20-31)43-32-21-9-4-10-22-32)37-28-16-18-30-39(37)47-49(41,44-33-23-11-5-12-24-33)45-34-25-13-6-14-26-34/h3-30,35H,2H2,1H3. The molecule has 0 amide bonds. The lowest BCUT2D eigenvalue weighted by Gasteiger charge is -2.25. The maximum atomic E-state index is 14.4. The highest BCUT2D eigenvalue weighted by atomic mass is 31.2. The van der Waals surface area contributed by atoms with Crippen molar-refractivity contribution in [1.29, 1.82) is 0 Å². The lowest BCUT2D eigenvalue weighted by Crippen LogP contribution is -2.12. The van der Waals surface area contributed by atoms with Crippen LogP contribution in [0, 0.1) is 0 Å². The van der Waals surface area contributed by atoms with Gasteiger partial charge in [0.2, 0.25) is 0 Å². The fraction of sp³-hybridized carbons (Fsp3) is 0.0769. The third-order valence-electron chi connectivity index (χ3n) is 7.26. The van der Waals surface area contributed by atoms with Gasteiger partial charge in [-0.05, 0) is 67.1 Å². The largest absolute Gasteiger partial charge is 0.647 e. The summed E-state index contributed by atoms with van der Waals surface area (Å²) in [7, 11) is -8.59. The van der Waals surface area contributed by atoms with Gasteiger partial charge in [-0.25, -0.2) is 0 Å². The normalized spacial score (nSPS) is 11.4. The second-order valence-electron chi connectivity index (χ2n) is 10.7. The Hall–Kier alpha value is -5.42. The monoisotopic (exact) mass is 692 g/mol. The summed E-state index contributed by atoms with van der Waals surface area (Å²) in [6, 6.07) is 49.2. The summed E-state index contributed by atoms with van der Waals surface area (Å²) < 4.78 is 64.8. The molecule has 0 aliphatic heterocycles. The van der Waals surface area contributed by atoms with Gasteiger partial charge >= 0.3 is 15.6 Å². The van der Waals surface area contributed by atoms with E-state index in [0.29, 0.717) is 40.5 Å². The van der Waals surface area contributed by atoms with E-state index in [1.165, 1.54) is 0 Å². The minimum Gasteiger partial charge on any atom is -0.386 e. The van der Waals surface area contributed by atoms with Gasteiger partial charge in [0.15, 0.2) is 0 Å². The number of para-hydroxylation sites is 6. The molecule has 0 aromatic heterocycles. The van der Waals surface area contributed by atoms with E-state index < -0.39 is 15.6 Å². The Morgan fingerprint density at radius 3 is 0.939 bits per heavy atom. The van der Waals surface area contributed by atoms with Gasteiger partial charge < -0.3 is 27.1 Å². The SMILES string of the molecule is CCC(c1ccccc1OP(=O)(Oc1ccccc1)Oc1ccccc1)c1ccccc1OP(=O)(Oc1ccccc1)Oc1ccccc1. The summed E-state index contributed by atoms with van der Waals surface area (Å²) in [5.41, 5.74) is 1.36. The van der Waals surface area contributed by atoms with Crippen molar-refractivity contribution in [2.24, 2.45) is 0 Å². The molecule has 0 aliphatic rings. The summed E-state index contributed by atoms with van der Waals surface area (Å²) >= 11 is 0. The highest BCUT2D eigenvalue weighted by Crippen LogP contribution is 2.54. The van der Waals surface area contributed by atoms with Crippen molar-refractivity contribution < 1.29 is 36.3 Å². The van der Waals surface area contributed by atoms with Gasteiger partial charge in [-0.3, -0.25) is 0 Å². The minimum absolute atomic E-state index is 0.281. The number of phosphoric acid groups is 2. The van der Waals surface area contributed by atoms with Crippen LogP contribution in [0.1, 0.15) is 30.4 Å². The van der Waals surface area contributed by atoms with Crippen LogP contribution in [0.4, 0.5) is 0 Å². The van der Waals surface area contributed by atoms with Gasteiger partial charge in [0.05, 0.1) is 0 Å². The van der Waals surface area contributed by atoms with E-state index >= 15 is 0 Å². The molecule has 0 radical (unpaired) electrons. The number of hydrogen-bond donors (Lipinski definition) is 0. The first-order valence-electron chi connectivity index (χ1n) is 15.7. The third-order valence-corrected chi connectivity index (χ3v) is 9.84. The van der Waals surface area contributed by atoms with E-state index in [1.54, 1.807) is 121 Å². The predicted molar refractivity (Wildman–Crippen MR) is 190 cm³/mol. The van der Waals surface area contributed by atoms with Crippen molar-refractivity contribution >= 4 is 15.6 Å². The quantitative estimate of drug-likeness (QED) is 0.0983. The molecule has 6 rings (SSSR count). The van der Waals surface area contributed by atoms with Crippen LogP contribution in [-0.4, -0.2) is 0 Å². The molecule has 0 atom stereocenters. The van der Waals surface area contributed by atoms with Crippen LogP contribution in [0.25, 0.3) is 0 Å². The van der Waals surface area contributed by atoms with E-state index in [1.807, 2.05) is 55.5 Å². The molecule has 8 nitrogen and oxygen atoms in total. The summed E-state index contributed by atoms with van der Waals surface area (Å²) in [5, 5.41) is 0. The average molecular weight is 693 g/mol. The maximum absolute atomic E-state index is 14.4. The van der Waals surface area contributed by atoms with E-state index in [9.17, 15) is 9.13 Å². The Morgan fingerprint density at radius 1 is 0.388 bits per heavy atom. The predicted octanol–water partition coefficient (Wildman–Crippen LogP) is 11.5. The van der Waals surface area contributed by atoms with E-state index in [0.717, 1.165) is 0 Å². The van der Waals surface area contributed by atoms with Gasteiger partial charge in [-0.1, -0.05) is 116 Å². The highest BCUT2D eigenvalue weighted by Gasteiger charge is 2.37. The van der Waals surface area contributed by atoms with Crippen LogP contribution in [-0.2, 0) is 9.13 Å². The van der Waals surface area contributed by atoms with Crippen LogP contribution in [0.15, 0.2) is 170 Å². The van der Waals surface area contributed by atoms with E-state index in [4.69, 9.17) is 27.1 Å². The molecule has 0 saturated carbocycles. The number of rotatable bonds is 15. The molecule has 248 valence electrons. The molecule has 6 aromatic carbocycles. The zero-order valence-electron chi connectivity index (χ0n) is 26.6. The number of benzene rings is 6. The molecule has 0 N–H and O–H groups in total. The average Bonchev–Trinajstić information content (AvgIpc) is 3.11. The second-order valence-corrected chi connectivity index (χ2v) is 13.6. The van der Waals surface area contributed by atoms with Crippen molar-refractivity contribution in [2.45, 2.75) is 19.3 Å². The fourth-order valence-corrected chi connectivity index (χ4v) is 7.66. The lowest BCUT2D eigenvalue weighted by atomic mass is 9.88. The first-order chi connectivity index (χ1) is 23.9. The van der Waals surface area contributed by atoms with Crippen LogP contribution >= 0.6 is 15.6 Å². The van der Waals surface area contributed by atoms with Gasteiger partial charge in [0, 0.05) is 17.0 Å². The molecule has 49 heavy (non-hydrogen) atoms. The van der Waals surface area contributed by atoms with Gasteiger partial charge in [0.25, 0.3) is 0 Å². The molecule has 0 unspecified atom stereocenters. The number of hydrogen-bond acceptors (Lipinski definition) is 8. The van der Waals surface area contributed by atoms with E-state index in [2.05, 4.69) is 0 Å². The summed E-state index contributed by atoms with van der Waals surface area (Å²) in [5.74, 6) is 1.45. The molecule has 0 saturated heterocycles. The van der Waals surface area contributed by atoms with Crippen molar-refractivity contribution in [3.63, 3.8) is 0 Å². The molecule has 0 spiro atoms. The molecule has 0 aliphatic carbocycles. The summed E-state index contributed by atoms with van der Waals surface area (Å²) in [6.07, 6.45) is 0.563. The van der Waals surface area contributed by atoms with Crippen LogP contribution in [0.2, 0.25) is 0 Å². The first-order valence-corrected chi connectivity index (χ1v) is 18.6. The molecule has 6 aromatic rings. The van der Waals surface area contributed by atoms with Gasteiger partial charge in [-0.2, -0.15) is 9.13 Å². The lowest BCUT2D eigenvalue weighted by molar-refractivity contribution is 0.297. The van der Waals surface area contributed by atoms with Crippen LogP contribution in [0.3, 0.4) is 0 Å². The highest BCUT2D eigenvalue weighted by molar-refractivity contribution is 7.50. The Balaban J connectivity index is 1.35. The topological polar surface area (TPSA) is 89.5 Å². The van der Waals surface area contributed by atoms with Crippen molar-refractivity contribution in [2.75, 3.05) is 0 Å². The molecule has 10 heteroatoms.